The summed E-state index contributed by atoms with van der Waals surface area (Å²) < 4.78 is 0. The lowest BCUT2D eigenvalue weighted by Crippen LogP contribution is -2.27. The Morgan fingerprint density at radius 1 is 1.62 bits per heavy atom. The van der Waals surface area contributed by atoms with E-state index in [0.29, 0.717) is 6.54 Å². The molecule has 1 aromatic rings. The number of hydrogen-bond donors (Lipinski definition) is 2. The maximum atomic E-state index is 9.25. The van der Waals surface area contributed by atoms with Gasteiger partial charge in [-0.25, -0.2) is 0 Å². The lowest BCUT2D eigenvalue weighted by atomic mass is 10.2. The van der Waals surface area contributed by atoms with Crippen LogP contribution in [-0.2, 0) is 6.42 Å². The second kappa shape index (κ2) is 6.13. The maximum Gasteiger partial charge on any atom is 0.0662 e. The minimum Gasteiger partial charge on any atom is -0.392 e. The average Bonchev–Trinajstić information content (AvgIpc) is 2.64. The van der Waals surface area contributed by atoms with Crippen molar-refractivity contribution >= 4 is 11.3 Å². The Bertz CT molecular complexity index is 211. The number of aliphatic hydroxyl groups is 1. The van der Waals surface area contributed by atoms with Crippen LogP contribution in [0.2, 0.25) is 0 Å². The molecule has 1 heterocycles. The fraction of sp³-hybridized carbons (Fsp3) is 0.600. The second-order valence-corrected chi connectivity index (χ2v) is 3.93. The zero-order valence-corrected chi connectivity index (χ0v) is 8.81. The van der Waals surface area contributed by atoms with Crippen molar-refractivity contribution in [2.75, 3.05) is 13.1 Å². The van der Waals surface area contributed by atoms with Crippen molar-refractivity contribution in [1.82, 2.24) is 5.32 Å². The molecular weight excluding hydrogens is 182 g/mol. The van der Waals surface area contributed by atoms with Crippen molar-refractivity contribution in [3.8, 4) is 0 Å². The van der Waals surface area contributed by atoms with E-state index in [1.54, 1.807) is 11.3 Å². The summed E-state index contributed by atoms with van der Waals surface area (Å²) >= 11 is 1.73. The largest absolute Gasteiger partial charge is 0.392 e. The molecule has 0 amide bonds. The van der Waals surface area contributed by atoms with Gasteiger partial charge >= 0.3 is 0 Å². The molecular formula is C10H17NOS. The Balaban J connectivity index is 2.02. The lowest BCUT2D eigenvalue weighted by Gasteiger charge is -2.08. The Morgan fingerprint density at radius 2 is 2.46 bits per heavy atom. The predicted molar refractivity (Wildman–Crippen MR) is 57.2 cm³/mol. The highest BCUT2D eigenvalue weighted by Crippen LogP contribution is 2.05. The van der Waals surface area contributed by atoms with Crippen LogP contribution in [0.15, 0.2) is 16.8 Å². The Labute approximate surface area is 83.6 Å². The number of aliphatic hydroxyl groups excluding tert-OH is 1. The van der Waals surface area contributed by atoms with Gasteiger partial charge in [0.05, 0.1) is 6.10 Å². The van der Waals surface area contributed by atoms with Crippen molar-refractivity contribution < 1.29 is 5.11 Å². The molecule has 74 valence electrons. The molecule has 2 nitrogen and oxygen atoms in total. The average molecular weight is 199 g/mol. The summed E-state index contributed by atoms with van der Waals surface area (Å²) in [7, 11) is 0. The third-order valence-electron chi connectivity index (χ3n) is 2.02. The van der Waals surface area contributed by atoms with E-state index < -0.39 is 0 Å². The molecule has 2 N–H and O–H groups in total. The molecule has 0 aliphatic carbocycles. The van der Waals surface area contributed by atoms with Gasteiger partial charge in [-0.05, 0) is 41.8 Å². The van der Waals surface area contributed by atoms with Crippen LogP contribution in [0, 0.1) is 0 Å². The maximum absolute atomic E-state index is 9.25. The van der Waals surface area contributed by atoms with Crippen molar-refractivity contribution in [2.24, 2.45) is 0 Å². The van der Waals surface area contributed by atoms with E-state index in [4.69, 9.17) is 0 Å². The molecule has 1 atom stereocenters. The third kappa shape index (κ3) is 4.41. The molecule has 1 aromatic heterocycles. The monoisotopic (exact) mass is 199 g/mol. The number of thiophene rings is 1. The zero-order valence-electron chi connectivity index (χ0n) is 7.99. The first-order chi connectivity index (χ1) is 6.33. The van der Waals surface area contributed by atoms with E-state index in [0.717, 1.165) is 19.4 Å². The summed E-state index contributed by atoms with van der Waals surface area (Å²) in [6.07, 6.45) is 1.69. The van der Waals surface area contributed by atoms with Crippen molar-refractivity contribution in [1.29, 1.82) is 0 Å². The Hall–Kier alpha value is -0.380. The minimum absolute atomic E-state index is 0.192. The fourth-order valence-corrected chi connectivity index (χ4v) is 1.78. The molecule has 3 heteroatoms. The van der Waals surface area contributed by atoms with Gasteiger partial charge in [0.1, 0.15) is 0 Å². The van der Waals surface area contributed by atoms with Crippen molar-refractivity contribution in [3.05, 3.63) is 22.4 Å². The molecule has 13 heavy (non-hydrogen) atoms. The van der Waals surface area contributed by atoms with E-state index in [-0.39, 0.29) is 6.10 Å². The first-order valence-corrected chi connectivity index (χ1v) is 5.67. The van der Waals surface area contributed by atoms with Gasteiger partial charge < -0.3 is 10.4 Å². The number of hydrogen-bond acceptors (Lipinski definition) is 3. The highest BCUT2D eigenvalue weighted by Gasteiger charge is 1.98. The topological polar surface area (TPSA) is 32.3 Å². The molecule has 0 aliphatic rings. The van der Waals surface area contributed by atoms with Crippen LogP contribution < -0.4 is 5.32 Å². The van der Waals surface area contributed by atoms with Gasteiger partial charge in [0, 0.05) is 6.54 Å². The van der Waals surface area contributed by atoms with Crippen LogP contribution in [0.4, 0.5) is 0 Å². The van der Waals surface area contributed by atoms with Crippen LogP contribution >= 0.6 is 11.3 Å². The summed E-state index contributed by atoms with van der Waals surface area (Å²) in [6, 6.07) is 2.14. The van der Waals surface area contributed by atoms with Crippen LogP contribution in [0.3, 0.4) is 0 Å². The Morgan fingerprint density at radius 3 is 3.08 bits per heavy atom. The van der Waals surface area contributed by atoms with E-state index in [1.165, 1.54) is 5.56 Å². The van der Waals surface area contributed by atoms with Crippen molar-refractivity contribution in [3.63, 3.8) is 0 Å². The van der Waals surface area contributed by atoms with E-state index >= 15 is 0 Å². The van der Waals surface area contributed by atoms with Gasteiger partial charge in [-0.15, -0.1) is 0 Å². The molecule has 0 spiro atoms. The van der Waals surface area contributed by atoms with Gasteiger partial charge in [-0.3, -0.25) is 0 Å². The molecule has 0 saturated heterocycles. The minimum atomic E-state index is -0.192. The summed E-state index contributed by atoms with van der Waals surface area (Å²) in [6.45, 7) is 3.65. The smallest absolute Gasteiger partial charge is 0.0662 e. The van der Waals surface area contributed by atoms with E-state index in [1.807, 2.05) is 6.92 Å². The number of nitrogens with one attached hydrogen (secondary N) is 1. The quantitative estimate of drug-likeness (QED) is 0.683. The zero-order chi connectivity index (χ0) is 9.52. The first kappa shape index (κ1) is 10.7. The van der Waals surface area contributed by atoms with E-state index in [2.05, 4.69) is 22.1 Å². The standard InChI is InChI=1S/C10H17NOS/c1-2-10(12)7-11-5-3-9-4-6-13-8-9/h4,6,8,10-12H,2-3,5,7H2,1H3. The van der Waals surface area contributed by atoms with Crippen LogP contribution in [0.1, 0.15) is 18.9 Å². The van der Waals surface area contributed by atoms with Gasteiger partial charge in [-0.1, -0.05) is 6.92 Å². The molecule has 0 aliphatic heterocycles. The van der Waals surface area contributed by atoms with Crippen LogP contribution in [0.5, 0.6) is 0 Å². The fourth-order valence-electron chi connectivity index (χ4n) is 1.08. The molecule has 0 aromatic carbocycles. The predicted octanol–water partition coefficient (Wildman–Crippen LogP) is 1.65. The van der Waals surface area contributed by atoms with Crippen LogP contribution in [0.25, 0.3) is 0 Å². The van der Waals surface area contributed by atoms with Gasteiger partial charge in [0.15, 0.2) is 0 Å². The Kier molecular flexibility index (Phi) is 5.05. The number of rotatable bonds is 6. The molecule has 1 unspecified atom stereocenters. The first-order valence-electron chi connectivity index (χ1n) is 4.72. The highest BCUT2D eigenvalue weighted by atomic mass is 32.1. The van der Waals surface area contributed by atoms with Crippen molar-refractivity contribution in [2.45, 2.75) is 25.9 Å². The summed E-state index contributed by atoms with van der Waals surface area (Å²) in [5, 5.41) is 16.7. The molecule has 0 bridgehead atoms. The lowest BCUT2D eigenvalue weighted by molar-refractivity contribution is 0.168. The summed E-state index contributed by atoms with van der Waals surface area (Å²) in [5.74, 6) is 0. The van der Waals surface area contributed by atoms with Gasteiger partial charge in [0.2, 0.25) is 0 Å². The third-order valence-corrected chi connectivity index (χ3v) is 2.75. The SMILES string of the molecule is CCC(O)CNCCc1ccsc1. The second-order valence-electron chi connectivity index (χ2n) is 3.15. The molecule has 0 fully saturated rings. The molecule has 0 radical (unpaired) electrons. The van der Waals surface area contributed by atoms with Gasteiger partial charge in [-0.2, -0.15) is 11.3 Å². The summed E-state index contributed by atoms with van der Waals surface area (Å²) in [5.41, 5.74) is 1.38. The molecule has 0 saturated carbocycles. The highest BCUT2D eigenvalue weighted by molar-refractivity contribution is 7.07. The summed E-state index contributed by atoms with van der Waals surface area (Å²) in [4.78, 5) is 0. The molecule has 1 rings (SSSR count). The van der Waals surface area contributed by atoms with Gasteiger partial charge in [0.25, 0.3) is 0 Å². The van der Waals surface area contributed by atoms with Crippen LogP contribution in [-0.4, -0.2) is 24.3 Å². The normalized spacial score (nSPS) is 13.1. The van der Waals surface area contributed by atoms with E-state index in [9.17, 15) is 5.11 Å².